The van der Waals surface area contributed by atoms with Gasteiger partial charge in [0.05, 0.1) is 0 Å². The Morgan fingerprint density at radius 2 is 2.40 bits per heavy atom. The summed E-state index contributed by atoms with van der Waals surface area (Å²) in [5, 5.41) is 2.94. The standard InChI is InChI=1S/C15H24N4O/c1-12-9-16-7-6-14(12)17-15(20)19(3)11-13-5-4-8-18(2)10-13/h6-7,9,13H,4-5,8,10-11H2,1-3H3,(H,16,17,20)/t13-/m0/s1. The van der Waals surface area contributed by atoms with Crippen LogP contribution >= 0.6 is 0 Å². The minimum absolute atomic E-state index is 0.0486. The fourth-order valence-electron chi connectivity index (χ4n) is 2.72. The molecule has 1 aromatic rings. The van der Waals surface area contributed by atoms with Gasteiger partial charge < -0.3 is 15.1 Å². The number of hydrogen-bond acceptors (Lipinski definition) is 3. The molecular weight excluding hydrogens is 252 g/mol. The maximum Gasteiger partial charge on any atom is 0.321 e. The van der Waals surface area contributed by atoms with Crippen molar-refractivity contribution in [3.05, 3.63) is 24.0 Å². The molecule has 1 aliphatic heterocycles. The molecule has 1 fully saturated rings. The molecule has 5 nitrogen and oxygen atoms in total. The third-order valence-corrected chi connectivity index (χ3v) is 3.86. The average molecular weight is 276 g/mol. The van der Waals surface area contributed by atoms with E-state index in [0.717, 1.165) is 24.3 Å². The molecule has 1 saturated heterocycles. The zero-order chi connectivity index (χ0) is 14.5. The summed E-state index contributed by atoms with van der Waals surface area (Å²) in [5.74, 6) is 0.572. The number of nitrogens with one attached hydrogen (secondary N) is 1. The number of likely N-dealkylation sites (tertiary alicyclic amines) is 1. The zero-order valence-electron chi connectivity index (χ0n) is 12.6. The van der Waals surface area contributed by atoms with Gasteiger partial charge >= 0.3 is 6.03 Å². The minimum atomic E-state index is -0.0486. The predicted octanol–water partition coefficient (Wildman–Crippen LogP) is 2.20. The molecule has 2 heterocycles. The summed E-state index contributed by atoms with van der Waals surface area (Å²) in [6.45, 7) is 4.99. The van der Waals surface area contributed by atoms with Gasteiger partial charge in [-0.25, -0.2) is 4.79 Å². The van der Waals surface area contributed by atoms with Crippen LogP contribution in [0.2, 0.25) is 0 Å². The van der Waals surface area contributed by atoms with Gasteiger partial charge in [-0.15, -0.1) is 0 Å². The normalized spacial score (nSPS) is 19.6. The van der Waals surface area contributed by atoms with Crippen LogP contribution in [0.15, 0.2) is 18.5 Å². The lowest BCUT2D eigenvalue weighted by molar-refractivity contribution is 0.170. The van der Waals surface area contributed by atoms with Crippen LogP contribution in [-0.2, 0) is 0 Å². The fraction of sp³-hybridized carbons (Fsp3) is 0.600. The first-order chi connectivity index (χ1) is 9.56. The molecule has 0 spiro atoms. The number of carbonyl (C=O) groups is 1. The van der Waals surface area contributed by atoms with Gasteiger partial charge in [0.25, 0.3) is 0 Å². The van der Waals surface area contributed by atoms with E-state index >= 15 is 0 Å². The topological polar surface area (TPSA) is 48.5 Å². The Labute approximate surface area is 121 Å². The van der Waals surface area contributed by atoms with Crippen LogP contribution < -0.4 is 5.32 Å². The van der Waals surface area contributed by atoms with E-state index in [0.29, 0.717) is 5.92 Å². The number of pyridine rings is 1. The van der Waals surface area contributed by atoms with Crippen LogP contribution in [-0.4, -0.2) is 54.5 Å². The number of piperidine rings is 1. The molecule has 2 rings (SSSR count). The lowest BCUT2D eigenvalue weighted by atomic mass is 9.98. The third kappa shape index (κ3) is 3.93. The molecule has 1 atom stereocenters. The predicted molar refractivity (Wildman–Crippen MR) is 80.8 cm³/mol. The van der Waals surface area contributed by atoms with Crippen molar-refractivity contribution < 1.29 is 4.79 Å². The number of urea groups is 1. The quantitative estimate of drug-likeness (QED) is 0.920. The third-order valence-electron chi connectivity index (χ3n) is 3.86. The zero-order valence-corrected chi connectivity index (χ0v) is 12.6. The van der Waals surface area contributed by atoms with Gasteiger partial charge in [0.2, 0.25) is 0 Å². The Hall–Kier alpha value is -1.62. The van der Waals surface area contributed by atoms with Crippen LogP contribution in [0, 0.1) is 12.8 Å². The molecule has 0 unspecified atom stereocenters. The maximum atomic E-state index is 12.2. The second-order valence-corrected chi connectivity index (χ2v) is 5.77. The summed E-state index contributed by atoms with van der Waals surface area (Å²) in [4.78, 5) is 20.4. The van der Waals surface area contributed by atoms with Gasteiger partial charge in [0.15, 0.2) is 0 Å². The molecule has 0 radical (unpaired) electrons. The van der Waals surface area contributed by atoms with Gasteiger partial charge in [-0.2, -0.15) is 0 Å². The summed E-state index contributed by atoms with van der Waals surface area (Å²) in [6.07, 6.45) is 5.88. The first-order valence-electron chi connectivity index (χ1n) is 7.17. The van der Waals surface area contributed by atoms with Crippen molar-refractivity contribution in [2.45, 2.75) is 19.8 Å². The van der Waals surface area contributed by atoms with Crippen LogP contribution in [0.25, 0.3) is 0 Å². The molecule has 1 aromatic heterocycles. The second-order valence-electron chi connectivity index (χ2n) is 5.77. The molecule has 0 aliphatic carbocycles. The molecule has 5 heteroatoms. The highest BCUT2D eigenvalue weighted by Gasteiger charge is 2.20. The van der Waals surface area contributed by atoms with Crippen molar-refractivity contribution >= 4 is 11.7 Å². The van der Waals surface area contributed by atoms with E-state index in [2.05, 4.69) is 22.2 Å². The Bertz CT molecular complexity index is 463. The van der Waals surface area contributed by atoms with Crippen molar-refractivity contribution in [2.24, 2.45) is 5.92 Å². The molecule has 0 aromatic carbocycles. The molecule has 0 saturated carbocycles. The van der Waals surface area contributed by atoms with Crippen LogP contribution in [0.3, 0.4) is 0 Å². The van der Waals surface area contributed by atoms with Gasteiger partial charge in [0.1, 0.15) is 0 Å². The maximum absolute atomic E-state index is 12.2. The van der Waals surface area contributed by atoms with Gasteiger partial charge in [-0.3, -0.25) is 4.98 Å². The van der Waals surface area contributed by atoms with Crippen LogP contribution in [0.5, 0.6) is 0 Å². The smallest absolute Gasteiger partial charge is 0.321 e. The lowest BCUT2D eigenvalue weighted by Gasteiger charge is -2.32. The van der Waals surface area contributed by atoms with E-state index in [-0.39, 0.29) is 6.03 Å². The van der Waals surface area contributed by atoms with E-state index in [4.69, 9.17) is 0 Å². The van der Waals surface area contributed by atoms with E-state index in [1.165, 1.54) is 19.4 Å². The lowest BCUT2D eigenvalue weighted by Crippen LogP contribution is -2.41. The number of anilines is 1. The largest absolute Gasteiger partial charge is 0.327 e. The molecule has 0 bridgehead atoms. The van der Waals surface area contributed by atoms with E-state index in [1.807, 2.05) is 20.0 Å². The Morgan fingerprint density at radius 1 is 1.60 bits per heavy atom. The highest BCUT2D eigenvalue weighted by Crippen LogP contribution is 2.17. The van der Waals surface area contributed by atoms with Crippen LogP contribution in [0.4, 0.5) is 10.5 Å². The average Bonchev–Trinajstić information content (AvgIpc) is 2.41. The Morgan fingerprint density at radius 3 is 3.10 bits per heavy atom. The molecule has 110 valence electrons. The first kappa shape index (κ1) is 14.8. The number of aryl methyl sites for hydroxylation is 1. The van der Waals surface area contributed by atoms with Crippen molar-refractivity contribution in [3.8, 4) is 0 Å². The van der Waals surface area contributed by atoms with E-state index < -0.39 is 0 Å². The molecule has 1 N–H and O–H groups in total. The molecule has 20 heavy (non-hydrogen) atoms. The van der Waals surface area contributed by atoms with Crippen molar-refractivity contribution in [1.82, 2.24) is 14.8 Å². The highest BCUT2D eigenvalue weighted by molar-refractivity contribution is 5.89. The monoisotopic (exact) mass is 276 g/mol. The van der Waals surface area contributed by atoms with Crippen LogP contribution in [0.1, 0.15) is 18.4 Å². The summed E-state index contributed by atoms with van der Waals surface area (Å²) < 4.78 is 0. The molecular formula is C15H24N4O. The van der Waals surface area contributed by atoms with E-state index in [9.17, 15) is 4.79 Å². The molecule has 1 aliphatic rings. The second kappa shape index (κ2) is 6.70. The van der Waals surface area contributed by atoms with Gasteiger partial charge in [0, 0.05) is 38.2 Å². The number of carbonyl (C=O) groups excluding carboxylic acids is 1. The number of aromatic nitrogens is 1. The molecule has 2 amide bonds. The van der Waals surface area contributed by atoms with Gasteiger partial charge in [-0.05, 0) is 50.9 Å². The summed E-state index contributed by atoms with van der Waals surface area (Å²) in [5.41, 5.74) is 1.81. The SMILES string of the molecule is Cc1cnccc1NC(=O)N(C)C[C@H]1CCCN(C)C1. The highest BCUT2D eigenvalue weighted by atomic mass is 16.2. The fourth-order valence-corrected chi connectivity index (χ4v) is 2.72. The van der Waals surface area contributed by atoms with Crippen molar-refractivity contribution in [1.29, 1.82) is 0 Å². The van der Waals surface area contributed by atoms with Crippen molar-refractivity contribution in [2.75, 3.05) is 39.0 Å². The number of rotatable bonds is 3. The Balaban J connectivity index is 1.87. The minimum Gasteiger partial charge on any atom is -0.327 e. The summed E-state index contributed by atoms with van der Waals surface area (Å²) in [6, 6.07) is 1.78. The summed E-state index contributed by atoms with van der Waals surface area (Å²) in [7, 11) is 4.01. The van der Waals surface area contributed by atoms with E-state index in [1.54, 1.807) is 17.3 Å². The number of amides is 2. The first-order valence-corrected chi connectivity index (χ1v) is 7.17. The number of hydrogen-bond donors (Lipinski definition) is 1. The Kier molecular flexibility index (Phi) is 4.95. The van der Waals surface area contributed by atoms with Crippen molar-refractivity contribution in [3.63, 3.8) is 0 Å². The van der Waals surface area contributed by atoms with Gasteiger partial charge in [-0.1, -0.05) is 0 Å². The summed E-state index contributed by atoms with van der Waals surface area (Å²) >= 11 is 0. The number of nitrogens with zero attached hydrogens (tertiary/aromatic N) is 3.